The topological polar surface area (TPSA) is 73.9 Å². The van der Waals surface area contributed by atoms with Crippen LogP contribution in [-0.2, 0) is 9.53 Å². The van der Waals surface area contributed by atoms with Crippen LogP contribution in [0, 0.1) is 5.92 Å². The Morgan fingerprint density at radius 2 is 1.68 bits per heavy atom. The number of carbonyl (C=O) groups excluding carboxylic acids is 2. The van der Waals surface area contributed by atoms with Gasteiger partial charge < -0.3 is 25.2 Å². The summed E-state index contributed by atoms with van der Waals surface area (Å²) >= 11 is 0. The van der Waals surface area contributed by atoms with Gasteiger partial charge in [0.25, 0.3) is 0 Å². The van der Waals surface area contributed by atoms with Gasteiger partial charge in [0, 0.05) is 38.1 Å². The van der Waals surface area contributed by atoms with Gasteiger partial charge in [-0.05, 0) is 51.7 Å². The van der Waals surface area contributed by atoms with Crippen molar-refractivity contribution >= 4 is 23.3 Å². The number of hydrogen-bond donors (Lipinski definition) is 2. The minimum Gasteiger partial charge on any atom is -0.372 e. The van der Waals surface area contributed by atoms with E-state index in [1.54, 1.807) is 0 Å². The van der Waals surface area contributed by atoms with E-state index < -0.39 is 0 Å². The highest BCUT2D eigenvalue weighted by atomic mass is 16.5. The predicted molar refractivity (Wildman–Crippen MR) is 124 cm³/mol. The van der Waals surface area contributed by atoms with Crippen LogP contribution in [-0.4, -0.2) is 61.3 Å². The van der Waals surface area contributed by atoms with Crippen molar-refractivity contribution in [1.29, 1.82) is 0 Å². The zero-order valence-electron chi connectivity index (χ0n) is 19.4. The highest BCUT2D eigenvalue weighted by Crippen LogP contribution is 2.28. The number of amides is 3. The predicted octanol–water partition coefficient (Wildman–Crippen LogP) is 3.85. The number of likely N-dealkylation sites (tertiary alicyclic amines) is 1. The Labute approximate surface area is 186 Å². The fourth-order valence-corrected chi connectivity index (χ4v) is 4.71. The maximum atomic E-state index is 12.7. The molecule has 0 saturated carbocycles. The smallest absolute Gasteiger partial charge is 0.319 e. The van der Waals surface area contributed by atoms with E-state index in [-0.39, 0.29) is 36.1 Å². The van der Waals surface area contributed by atoms with Gasteiger partial charge in [0.15, 0.2) is 0 Å². The summed E-state index contributed by atoms with van der Waals surface area (Å²) in [5.41, 5.74) is 1.83. The third-order valence-corrected chi connectivity index (χ3v) is 6.39. The summed E-state index contributed by atoms with van der Waals surface area (Å²) < 4.78 is 5.84. The van der Waals surface area contributed by atoms with Crippen molar-refractivity contribution < 1.29 is 14.3 Å². The number of ether oxygens (including phenoxy) is 1. The summed E-state index contributed by atoms with van der Waals surface area (Å²) in [6, 6.07) is 7.82. The lowest BCUT2D eigenvalue weighted by Crippen LogP contribution is -2.49. The minimum atomic E-state index is -0.188. The first-order valence-corrected chi connectivity index (χ1v) is 11.8. The van der Waals surface area contributed by atoms with Crippen molar-refractivity contribution in [2.75, 3.05) is 36.4 Å². The van der Waals surface area contributed by atoms with Gasteiger partial charge in [0.05, 0.1) is 23.6 Å². The number of nitrogens with zero attached hydrogens (tertiary/aromatic N) is 2. The minimum absolute atomic E-state index is 0.0846. The number of rotatable bonds is 6. The van der Waals surface area contributed by atoms with E-state index >= 15 is 0 Å². The molecule has 1 aromatic rings. The zero-order chi connectivity index (χ0) is 22.4. The lowest BCUT2D eigenvalue weighted by Gasteiger charge is -2.37. The third-order valence-electron chi connectivity index (χ3n) is 6.39. The van der Waals surface area contributed by atoms with Crippen LogP contribution in [0.5, 0.6) is 0 Å². The Morgan fingerprint density at radius 1 is 1.06 bits per heavy atom. The lowest BCUT2D eigenvalue weighted by atomic mass is 9.98. The number of morpholine rings is 1. The molecule has 3 rings (SSSR count). The number of benzene rings is 1. The zero-order valence-corrected chi connectivity index (χ0v) is 19.4. The highest BCUT2D eigenvalue weighted by molar-refractivity contribution is 5.93. The fourth-order valence-electron chi connectivity index (χ4n) is 4.71. The molecule has 7 nitrogen and oxygen atoms in total. The van der Waals surface area contributed by atoms with E-state index in [9.17, 15) is 9.59 Å². The van der Waals surface area contributed by atoms with Crippen LogP contribution in [0.3, 0.4) is 0 Å². The summed E-state index contributed by atoms with van der Waals surface area (Å²) in [6.07, 6.45) is 3.65. The van der Waals surface area contributed by atoms with Gasteiger partial charge in [-0.1, -0.05) is 26.0 Å². The molecule has 2 atom stereocenters. The molecule has 2 heterocycles. The lowest BCUT2D eigenvalue weighted by molar-refractivity contribution is -0.136. The second-order valence-corrected chi connectivity index (χ2v) is 8.89. The van der Waals surface area contributed by atoms with Crippen LogP contribution < -0.4 is 15.5 Å². The average Bonchev–Trinajstić information content (AvgIpc) is 2.74. The first-order chi connectivity index (χ1) is 14.9. The average molecular weight is 431 g/mol. The molecule has 31 heavy (non-hydrogen) atoms. The molecule has 1 aromatic carbocycles. The molecule has 2 aliphatic rings. The maximum absolute atomic E-state index is 12.7. The van der Waals surface area contributed by atoms with Crippen LogP contribution in [0.1, 0.15) is 53.4 Å². The Morgan fingerprint density at radius 3 is 2.29 bits per heavy atom. The van der Waals surface area contributed by atoms with Crippen molar-refractivity contribution in [1.82, 2.24) is 10.2 Å². The van der Waals surface area contributed by atoms with Gasteiger partial charge in [-0.25, -0.2) is 4.79 Å². The molecular weight excluding hydrogens is 392 g/mol. The molecule has 0 aromatic heterocycles. The second kappa shape index (κ2) is 10.8. The standard InChI is InChI=1S/C24H38N4O3/c1-5-19(6-2)23(29)27-13-11-20(12-14-27)25-24(30)26-21-9-7-8-10-22(21)28-15-17(3)31-18(4)16-28/h7-10,17-20H,5-6,11-16H2,1-4H3,(H2,25,26,30)/t17-,18-/m0/s1. The van der Waals surface area contributed by atoms with Crippen LogP contribution in [0.15, 0.2) is 24.3 Å². The van der Waals surface area contributed by atoms with E-state index in [1.165, 1.54) is 0 Å². The number of urea groups is 1. The molecule has 0 spiro atoms. The van der Waals surface area contributed by atoms with Crippen molar-refractivity contribution in [2.45, 2.75) is 71.6 Å². The Hall–Kier alpha value is -2.28. The first kappa shape index (κ1) is 23.4. The molecule has 0 unspecified atom stereocenters. The monoisotopic (exact) mass is 430 g/mol. The summed E-state index contributed by atoms with van der Waals surface area (Å²) in [5.74, 6) is 0.380. The summed E-state index contributed by atoms with van der Waals surface area (Å²) in [7, 11) is 0. The number of carbonyl (C=O) groups is 2. The van der Waals surface area contributed by atoms with Gasteiger partial charge in [-0.2, -0.15) is 0 Å². The molecule has 0 bridgehead atoms. The highest BCUT2D eigenvalue weighted by Gasteiger charge is 2.28. The van der Waals surface area contributed by atoms with E-state index in [2.05, 4.69) is 43.2 Å². The van der Waals surface area contributed by atoms with Gasteiger partial charge >= 0.3 is 6.03 Å². The van der Waals surface area contributed by atoms with Crippen molar-refractivity contribution in [3.8, 4) is 0 Å². The van der Waals surface area contributed by atoms with E-state index in [4.69, 9.17) is 4.74 Å². The Bertz CT molecular complexity index is 734. The van der Waals surface area contributed by atoms with Crippen molar-refractivity contribution in [2.24, 2.45) is 5.92 Å². The van der Waals surface area contributed by atoms with E-state index in [0.29, 0.717) is 13.1 Å². The van der Waals surface area contributed by atoms with Crippen LogP contribution >= 0.6 is 0 Å². The molecule has 3 amide bonds. The summed E-state index contributed by atoms with van der Waals surface area (Å²) in [4.78, 5) is 29.5. The summed E-state index contributed by atoms with van der Waals surface area (Å²) in [6.45, 7) is 11.3. The molecule has 172 valence electrons. The van der Waals surface area contributed by atoms with Gasteiger partial charge in [0.2, 0.25) is 5.91 Å². The number of anilines is 2. The quantitative estimate of drug-likeness (QED) is 0.719. The van der Waals surface area contributed by atoms with Crippen molar-refractivity contribution in [3.05, 3.63) is 24.3 Å². The van der Waals surface area contributed by atoms with Gasteiger partial charge in [0.1, 0.15) is 0 Å². The number of para-hydroxylation sites is 2. The van der Waals surface area contributed by atoms with Gasteiger partial charge in [-0.15, -0.1) is 0 Å². The van der Waals surface area contributed by atoms with Crippen LogP contribution in [0.25, 0.3) is 0 Å². The van der Waals surface area contributed by atoms with Crippen LogP contribution in [0.2, 0.25) is 0 Å². The Kier molecular flexibility index (Phi) is 8.18. The normalized spacial score (nSPS) is 22.5. The fraction of sp³-hybridized carbons (Fsp3) is 0.667. The molecule has 0 aliphatic carbocycles. The molecule has 7 heteroatoms. The third kappa shape index (κ3) is 6.12. The second-order valence-electron chi connectivity index (χ2n) is 8.89. The van der Waals surface area contributed by atoms with Crippen molar-refractivity contribution in [3.63, 3.8) is 0 Å². The van der Waals surface area contributed by atoms with Crippen LogP contribution in [0.4, 0.5) is 16.2 Å². The maximum Gasteiger partial charge on any atom is 0.319 e. The van der Waals surface area contributed by atoms with E-state index in [1.807, 2.05) is 29.2 Å². The number of nitrogens with one attached hydrogen (secondary N) is 2. The largest absolute Gasteiger partial charge is 0.372 e. The molecule has 2 aliphatic heterocycles. The SMILES string of the molecule is CCC(CC)C(=O)N1CCC(NC(=O)Nc2ccccc2N2C[C@H](C)O[C@@H](C)C2)CC1. The number of piperidine rings is 1. The molecule has 0 radical (unpaired) electrons. The summed E-state index contributed by atoms with van der Waals surface area (Å²) in [5, 5.41) is 6.14. The van der Waals surface area contributed by atoms with Gasteiger partial charge in [-0.3, -0.25) is 4.79 Å². The Balaban J connectivity index is 1.54. The molecule has 2 fully saturated rings. The van der Waals surface area contributed by atoms with E-state index in [0.717, 1.165) is 50.1 Å². The molecule has 2 saturated heterocycles. The molecule has 2 N–H and O–H groups in total. The molecular formula is C24H38N4O3. The number of hydrogen-bond acceptors (Lipinski definition) is 4. The first-order valence-electron chi connectivity index (χ1n) is 11.8.